The SMILES string of the molecule is CCc1ccc(C2NNC3c4cc5c(cc4N(Cc4ccccc4)CC23)OCO5)cc1. The molecule has 5 heteroatoms. The van der Waals surface area contributed by atoms with Gasteiger partial charge in [0.25, 0.3) is 0 Å². The van der Waals surface area contributed by atoms with E-state index in [2.05, 4.69) is 89.4 Å². The molecule has 6 rings (SSSR count). The molecule has 31 heavy (non-hydrogen) atoms. The number of ether oxygens (including phenoxy) is 2. The number of nitrogens with zero attached hydrogens (tertiary/aromatic N) is 1. The monoisotopic (exact) mass is 413 g/mol. The summed E-state index contributed by atoms with van der Waals surface area (Å²) in [5.74, 6) is 2.09. The minimum atomic E-state index is 0.229. The van der Waals surface area contributed by atoms with E-state index in [0.29, 0.717) is 12.7 Å². The third-order valence-electron chi connectivity index (χ3n) is 6.84. The van der Waals surface area contributed by atoms with Crippen LogP contribution in [0.5, 0.6) is 11.5 Å². The largest absolute Gasteiger partial charge is 0.454 e. The van der Waals surface area contributed by atoms with Crippen molar-refractivity contribution in [3.8, 4) is 11.5 Å². The van der Waals surface area contributed by atoms with Gasteiger partial charge >= 0.3 is 0 Å². The molecule has 0 spiro atoms. The van der Waals surface area contributed by atoms with Crippen LogP contribution in [0.15, 0.2) is 66.7 Å². The number of hydrogen-bond acceptors (Lipinski definition) is 5. The lowest BCUT2D eigenvalue weighted by Crippen LogP contribution is -2.39. The predicted octanol–water partition coefficient (Wildman–Crippen LogP) is 4.50. The van der Waals surface area contributed by atoms with Crippen molar-refractivity contribution in [2.24, 2.45) is 5.92 Å². The summed E-state index contributed by atoms with van der Waals surface area (Å²) in [5, 5.41) is 0. The number of rotatable bonds is 4. The lowest BCUT2D eigenvalue weighted by Gasteiger charge is -2.39. The molecule has 3 aromatic rings. The number of nitrogens with one attached hydrogen (secondary N) is 2. The van der Waals surface area contributed by atoms with Gasteiger partial charge in [-0.05, 0) is 34.7 Å². The highest BCUT2D eigenvalue weighted by molar-refractivity contribution is 5.66. The molecule has 0 aromatic heterocycles. The van der Waals surface area contributed by atoms with Gasteiger partial charge in [-0.3, -0.25) is 0 Å². The Bertz CT molecular complexity index is 1080. The molecular formula is C26H27N3O2. The first-order valence-electron chi connectivity index (χ1n) is 11.1. The summed E-state index contributed by atoms with van der Waals surface area (Å²) in [4.78, 5) is 2.50. The molecule has 3 aromatic carbocycles. The summed E-state index contributed by atoms with van der Waals surface area (Å²) in [6.07, 6.45) is 1.06. The summed E-state index contributed by atoms with van der Waals surface area (Å²) >= 11 is 0. The van der Waals surface area contributed by atoms with Gasteiger partial charge in [-0.25, -0.2) is 10.9 Å². The number of hydrogen-bond donors (Lipinski definition) is 2. The first kappa shape index (κ1) is 18.7. The molecular weight excluding hydrogens is 386 g/mol. The van der Waals surface area contributed by atoms with Crippen LogP contribution in [0.3, 0.4) is 0 Å². The van der Waals surface area contributed by atoms with Crippen LogP contribution in [0.25, 0.3) is 0 Å². The minimum Gasteiger partial charge on any atom is -0.454 e. The van der Waals surface area contributed by atoms with Gasteiger partial charge in [-0.1, -0.05) is 61.5 Å². The third-order valence-corrected chi connectivity index (χ3v) is 6.84. The number of anilines is 1. The van der Waals surface area contributed by atoms with Crippen LogP contribution in [0.2, 0.25) is 0 Å². The topological polar surface area (TPSA) is 45.8 Å². The van der Waals surface area contributed by atoms with Crippen LogP contribution >= 0.6 is 0 Å². The maximum atomic E-state index is 5.71. The van der Waals surface area contributed by atoms with Crippen LogP contribution in [-0.4, -0.2) is 13.3 Å². The first-order chi connectivity index (χ1) is 15.3. The summed E-state index contributed by atoms with van der Waals surface area (Å²) in [7, 11) is 0. The van der Waals surface area contributed by atoms with Gasteiger partial charge in [-0.2, -0.15) is 0 Å². The Labute approximate surface area is 183 Å². The molecule has 158 valence electrons. The van der Waals surface area contributed by atoms with E-state index in [1.54, 1.807) is 0 Å². The van der Waals surface area contributed by atoms with Crippen LogP contribution in [-0.2, 0) is 13.0 Å². The van der Waals surface area contributed by atoms with Gasteiger partial charge in [0, 0.05) is 30.8 Å². The number of fused-ring (bicyclic) bond motifs is 4. The zero-order valence-electron chi connectivity index (χ0n) is 17.7. The Balaban J connectivity index is 1.38. The van der Waals surface area contributed by atoms with Crippen molar-refractivity contribution in [1.29, 1.82) is 0 Å². The van der Waals surface area contributed by atoms with Crippen molar-refractivity contribution in [3.05, 3.63) is 89.0 Å². The van der Waals surface area contributed by atoms with Gasteiger partial charge in [0.2, 0.25) is 6.79 Å². The molecule has 0 radical (unpaired) electrons. The van der Waals surface area contributed by atoms with Crippen LogP contribution in [0.4, 0.5) is 5.69 Å². The Hall–Kier alpha value is -3.02. The van der Waals surface area contributed by atoms with Gasteiger partial charge in [0.05, 0.1) is 12.1 Å². The number of hydrazine groups is 1. The van der Waals surface area contributed by atoms with E-state index in [1.807, 2.05) is 0 Å². The summed E-state index contributed by atoms with van der Waals surface area (Å²) in [5.41, 5.74) is 13.7. The first-order valence-corrected chi connectivity index (χ1v) is 11.1. The van der Waals surface area contributed by atoms with Crippen molar-refractivity contribution in [2.45, 2.75) is 32.0 Å². The molecule has 3 atom stereocenters. The fourth-order valence-electron chi connectivity index (χ4n) is 5.17. The Morgan fingerprint density at radius 3 is 2.39 bits per heavy atom. The van der Waals surface area contributed by atoms with Gasteiger partial charge in [-0.15, -0.1) is 0 Å². The molecule has 1 fully saturated rings. The minimum absolute atomic E-state index is 0.229. The third kappa shape index (κ3) is 3.25. The fraction of sp³-hybridized carbons (Fsp3) is 0.308. The second-order valence-corrected chi connectivity index (χ2v) is 8.63. The van der Waals surface area contributed by atoms with Gasteiger partial charge in [0.15, 0.2) is 11.5 Å². The zero-order valence-corrected chi connectivity index (χ0v) is 17.7. The van der Waals surface area contributed by atoms with Crippen LogP contribution < -0.4 is 25.2 Å². The molecule has 1 saturated heterocycles. The maximum Gasteiger partial charge on any atom is 0.231 e. The lowest BCUT2D eigenvalue weighted by molar-refractivity contribution is 0.174. The molecule has 0 amide bonds. The smallest absolute Gasteiger partial charge is 0.231 e. The molecule has 0 bridgehead atoms. The zero-order chi connectivity index (χ0) is 20.8. The summed E-state index contributed by atoms with van der Waals surface area (Å²) < 4.78 is 11.4. The van der Waals surface area contributed by atoms with Crippen molar-refractivity contribution in [1.82, 2.24) is 10.9 Å². The van der Waals surface area contributed by atoms with Crippen molar-refractivity contribution >= 4 is 5.69 Å². The van der Waals surface area contributed by atoms with Gasteiger partial charge in [0.1, 0.15) is 0 Å². The predicted molar refractivity (Wildman–Crippen MR) is 121 cm³/mol. The Morgan fingerprint density at radius 1 is 0.871 bits per heavy atom. The molecule has 3 unspecified atom stereocenters. The highest BCUT2D eigenvalue weighted by atomic mass is 16.7. The van der Waals surface area contributed by atoms with E-state index >= 15 is 0 Å². The lowest BCUT2D eigenvalue weighted by atomic mass is 9.81. The van der Waals surface area contributed by atoms with E-state index in [0.717, 1.165) is 31.0 Å². The molecule has 2 N–H and O–H groups in total. The van der Waals surface area contributed by atoms with E-state index in [1.165, 1.54) is 27.9 Å². The summed E-state index contributed by atoms with van der Waals surface area (Å²) in [6.45, 7) is 4.33. The van der Waals surface area contributed by atoms with Crippen molar-refractivity contribution in [3.63, 3.8) is 0 Å². The Morgan fingerprint density at radius 2 is 1.61 bits per heavy atom. The van der Waals surface area contributed by atoms with Crippen LogP contribution in [0.1, 0.15) is 41.3 Å². The molecule has 3 aliphatic rings. The second kappa shape index (κ2) is 7.59. The van der Waals surface area contributed by atoms with Crippen LogP contribution in [0, 0.1) is 5.92 Å². The Kier molecular flexibility index (Phi) is 4.59. The standard InChI is InChI=1S/C26H27N3O2/c1-2-17-8-10-19(11-9-17)25-21-15-29(14-18-6-4-3-5-7-18)22-13-24-23(30-16-31-24)12-20(22)26(21)28-27-25/h3-13,21,25-28H,2,14-16H2,1H3. The molecule has 3 heterocycles. The average Bonchev–Trinajstić information content (AvgIpc) is 3.45. The normalized spacial score (nSPS) is 23.5. The van der Waals surface area contributed by atoms with Crippen molar-refractivity contribution in [2.75, 3.05) is 18.2 Å². The second-order valence-electron chi connectivity index (χ2n) is 8.63. The van der Waals surface area contributed by atoms with E-state index in [4.69, 9.17) is 9.47 Å². The molecule has 3 aliphatic heterocycles. The van der Waals surface area contributed by atoms with E-state index < -0.39 is 0 Å². The van der Waals surface area contributed by atoms with Crippen molar-refractivity contribution < 1.29 is 9.47 Å². The molecule has 5 nitrogen and oxygen atoms in total. The molecule has 0 aliphatic carbocycles. The number of benzene rings is 3. The molecule has 0 saturated carbocycles. The highest BCUT2D eigenvalue weighted by Gasteiger charge is 2.44. The van der Waals surface area contributed by atoms with E-state index in [9.17, 15) is 0 Å². The quantitative estimate of drug-likeness (QED) is 0.659. The average molecular weight is 414 g/mol. The summed E-state index contributed by atoms with van der Waals surface area (Å²) in [6, 6.07) is 24.6. The highest BCUT2D eigenvalue weighted by Crippen LogP contribution is 2.49. The maximum absolute atomic E-state index is 5.71. The van der Waals surface area contributed by atoms with E-state index in [-0.39, 0.29) is 12.1 Å². The fourth-order valence-corrected chi connectivity index (χ4v) is 5.17. The van der Waals surface area contributed by atoms with Gasteiger partial charge < -0.3 is 14.4 Å². The number of aryl methyl sites for hydroxylation is 1.